The van der Waals surface area contributed by atoms with E-state index in [-0.39, 0.29) is 36.0 Å². The molecule has 2 fully saturated rings. The first-order valence-electron chi connectivity index (χ1n) is 16.2. The number of carbonyl (C=O) groups excluding carboxylic acids is 6. The van der Waals surface area contributed by atoms with E-state index in [2.05, 4.69) is 20.9 Å². The number of aromatic nitrogens is 1. The van der Waals surface area contributed by atoms with Gasteiger partial charge < -0.3 is 26.6 Å². The molecule has 0 aromatic carbocycles. The van der Waals surface area contributed by atoms with E-state index in [1.165, 1.54) is 11.1 Å². The zero-order valence-electron chi connectivity index (χ0n) is 28.7. The lowest BCUT2D eigenvalue weighted by Gasteiger charge is -2.39. The highest BCUT2D eigenvalue weighted by molar-refractivity contribution is 6.37. The van der Waals surface area contributed by atoms with Crippen molar-refractivity contribution in [3.63, 3.8) is 0 Å². The van der Waals surface area contributed by atoms with Crippen molar-refractivity contribution < 1.29 is 28.8 Å². The maximum Gasteiger partial charge on any atom is 0.316 e. The second kappa shape index (κ2) is 14.3. The van der Waals surface area contributed by atoms with Crippen LogP contribution in [0.2, 0.25) is 0 Å². The van der Waals surface area contributed by atoms with Gasteiger partial charge in [-0.2, -0.15) is 0 Å². The second-order valence-electron chi connectivity index (χ2n) is 15.5. The largest absolute Gasteiger partial charge is 0.363 e. The second-order valence-corrected chi connectivity index (χ2v) is 15.5. The number of carbonyl (C=O) groups is 6. The van der Waals surface area contributed by atoms with Gasteiger partial charge in [0.15, 0.2) is 5.78 Å². The van der Waals surface area contributed by atoms with Gasteiger partial charge in [0, 0.05) is 24.5 Å². The van der Waals surface area contributed by atoms with Crippen LogP contribution in [0.25, 0.3) is 0 Å². The van der Waals surface area contributed by atoms with E-state index in [0.717, 1.165) is 12.8 Å². The van der Waals surface area contributed by atoms with Crippen LogP contribution in [0, 0.1) is 34.5 Å². The summed E-state index contributed by atoms with van der Waals surface area (Å²) in [6.45, 7) is 17.3. The lowest BCUT2D eigenvalue weighted by atomic mass is 9.71. The van der Waals surface area contributed by atoms with Crippen molar-refractivity contribution in [3.8, 4) is 0 Å². The van der Waals surface area contributed by atoms with Gasteiger partial charge in [-0.1, -0.05) is 75.2 Å². The highest BCUT2D eigenvalue weighted by Crippen LogP contribution is 2.43. The van der Waals surface area contributed by atoms with Gasteiger partial charge in [0.25, 0.3) is 5.91 Å². The Morgan fingerprint density at radius 3 is 2.11 bits per heavy atom. The summed E-state index contributed by atoms with van der Waals surface area (Å²) in [5.74, 6) is -3.68. The maximum absolute atomic E-state index is 14.4. The number of nitrogens with one attached hydrogen (secondary N) is 3. The Morgan fingerprint density at radius 2 is 1.63 bits per heavy atom. The lowest BCUT2D eigenvalue weighted by Crippen LogP contribution is -2.62. The van der Waals surface area contributed by atoms with Crippen molar-refractivity contribution in [2.45, 2.75) is 106 Å². The van der Waals surface area contributed by atoms with E-state index in [9.17, 15) is 28.8 Å². The number of primary amides is 1. The molecule has 0 spiro atoms. The van der Waals surface area contributed by atoms with Gasteiger partial charge in [-0.05, 0) is 53.1 Å². The molecule has 2 heterocycles. The highest BCUT2D eigenvalue weighted by atomic mass is 16.2. The molecule has 2 aliphatic rings. The molecule has 6 atom stereocenters. The molecule has 1 aromatic heterocycles. The zero-order valence-corrected chi connectivity index (χ0v) is 28.7. The van der Waals surface area contributed by atoms with Crippen molar-refractivity contribution >= 4 is 35.3 Å². The van der Waals surface area contributed by atoms with E-state index >= 15 is 0 Å². The van der Waals surface area contributed by atoms with E-state index < -0.39 is 64.5 Å². The van der Waals surface area contributed by atoms with Crippen molar-refractivity contribution in [3.05, 3.63) is 30.1 Å². The van der Waals surface area contributed by atoms with Crippen LogP contribution in [0.1, 0.15) is 91.9 Å². The molecule has 1 aromatic rings. The molecule has 12 heteroatoms. The molecule has 46 heavy (non-hydrogen) atoms. The van der Waals surface area contributed by atoms with Gasteiger partial charge in [-0.15, -0.1) is 0 Å². The molecule has 5 amide bonds. The molecule has 1 saturated carbocycles. The van der Waals surface area contributed by atoms with Crippen LogP contribution in [-0.4, -0.2) is 75.9 Å². The molecule has 254 valence electrons. The standard InChI is InChI=1S/C34H52N6O6/c1-18(2)24(26(41)21-11-10-14-36-16-21)38-32(46)39-28(34(7,8)9)31(45)40-17-19(3)23(33(4,5)6)25(40)30(44)37-22(15-20-12-13-20)27(42)29(35)43/h10-11,14,16,18-20,22-25,28H,12-13,15,17H2,1-9H3,(H2,35,43)(H,37,44)(H2,38,39,46)/t19?,22?,23-,24-,25-,28+/m0/s1. The predicted molar refractivity (Wildman–Crippen MR) is 173 cm³/mol. The van der Waals surface area contributed by atoms with Crippen LogP contribution < -0.4 is 21.7 Å². The molecule has 12 nitrogen and oxygen atoms in total. The average molecular weight is 641 g/mol. The number of pyridine rings is 1. The van der Waals surface area contributed by atoms with Crippen LogP contribution in [-0.2, 0) is 19.2 Å². The predicted octanol–water partition coefficient (Wildman–Crippen LogP) is 2.85. The number of likely N-dealkylation sites (tertiary alicyclic amines) is 1. The van der Waals surface area contributed by atoms with Crippen molar-refractivity contribution in [1.82, 2.24) is 25.8 Å². The molecule has 1 saturated heterocycles. The van der Waals surface area contributed by atoms with E-state index in [1.807, 2.05) is 62.3 Å². The quantitative estimate of drug-likeness (QED) is 0.200. The number of nitrogens with two attached hydrogens (primary N) is 1. The number of hydrogen-bond donors (Lipinski definition) is 4. The third kappa shape index (κ3) is 8.91. The number of ketones is 2. The molecule has 5 N–H and O–H groups in total. The Bertz CT molecular complexity index is 1310. The number of rotatable bonds is 12. The molecule has 0 radical (unpaired) electrons. The summed E-state index contributed by atoms with van der Waals surface area (Å²) in [7, 11) is 0. The lowest BCUT2D eigenvalue weighted by molar-refractivity contribution is -0.145. The normalized spacial score (nSPS) is 22.0. The Balaban J connectivity index is 1.90. The van der Waals surface area contributed by atoms with E-state index in [4.69, 9.17) is 5.73 Å². The summed E-state index contributed by atoms with van der Waals surface area (Å²) in [5.41, 5.74) is 4.49. The molecule has 1 aliphatic carbocycles. The molecular formula is C34H52N6O6. The SMILES string of the molecule is CC(C)[C@H](NC(=O)N[C@H](C(=O)N1CC(C)[C@H](C(C)(C)C)[C@H]1C(=O)NC(CC1CC1)C(=O)C(N)=O)C(C)(C)C)C(=O)c1cccnc1. The van der Waals surface area contributed by atoms with Crippen LogP contribution in [0.4, 0.5) is 4.79 Å². The zero-order chi connectivity index (χ0) is 34.7. The molecule has 2 unspecified atom stereocenters. The van der Waals surface area contributed by atoms with Crippen molar-refractivity contribution in [2.24, 2.45) is 40.2 Å². The first kappa shape index (κ1) is 36.6. The number of Topliss-reactive ketones (excluding diaryl/α,β-unsaturated/α-hetero) is 2. The minimum atomic E-state index is -1.12. The van der Waals surface area contributed by atoms with E-state index in [0.29, 0.717) is 12.0 Å². The fourth-order valence-corrected chi connectivity index (χ4v) is 6.60. The average Bonchev–Trinajstić information content (AvgIpc) is 3.70. The maximum atomic E-state index is 14.4. The number of urea groups is 1. The molecule has 1 aliphatic heterocycles. The smallest absolute Gasteiger partial charge is 0.316 e. The first-order valence-corrected chi connectivity index (χ1v) is 16.2. The monoisotopic (exact) mass is 640 g/mol. The van der Waals surface area contributed by atoms with Gasteiger partial charge >= 0.3 is 6.03 Å². The molecular weight excluding hydrogens is 588 g/mol. The minimum absolute atomic E-state index is 0.0923. The topological polar surface area (TPSA) is 181 Å². The fourth-order valence-electron chi connectivity index (χ4n) is 6.60. The first-order chi connectivity index (χ1) is 21.2. The third-order valence-electron chi connectivity index (χ3n) is 9.04. The Kier molecular flexibility index (Phi) is 11.4. The number of nitrogens with zero attached hydrogens (tertiary/aromatic N) is 2. The Labute approximate surface area is 272 Å². The van der Waals surface area contributed by atoms with Gasteiger partial charge in [0.05, 0.1) is 12.1 Å². The summed E-state index contributed by atoms with van der Waals surface area (Å²) < 4.78 is 0. The Hall–Kier alpha value is -3.83. The fraction of sp³-hybridized carbons (Fsp3) is 0.676. The number of amides is 5. The van der Waals surface area contributed by atoms with Crippen molar-refractivity contribution in [2.75, 3.05) is 6.54 Å². The van der Waals surface area contributed by atoms with Gasteiger partial charge in [0.2, 0.25) is 17.6 Å². The minimum Gasteiger partial charge on any atom is -0.363 e. The van der Waals surface area contributed by atoms with Crippen LogP contribution in [0.15, 0.2) is 24.5 Å². The number of hydrogen-bond acceptors (Lipinski definition) is 7. The summed E-state index contributed by atoms with van der Waals surface area (Å²) in [5, 5.41) is 8.34. The summed E-state index contributed by atoms with van der Waals surface area (Å²) in [4.78, 5) is 85.2. The van der Waals surface area contributed by atoms with Crippen LogP contribution >= 0.6 is 0 Å². The van der Waals surface area contributed by atoms with Crippen molar-refractivity contribution in [1.29, 1.82) is 0 Å². The van der Waals surface area contributed by atoms with Crippen LogP contribution in [0.3, 0.4) is 0 Å². The summed E-state index contributed by atoms with van der Waals surface area (Å²) in [6.07, 6.45) is 5.11. The molecule has 0 bridgehead atoms. The Morgan fingerprint density at radius 1 is 1.00 bits per heavy atom. The summed E-state index contributed by atoms with van der Waals surface area (Å²) >= 11 is 0. The van der Waals surface area contributed by atoms with Gasteiger partial charge in [-0.25, -0.2) is 4.79 Å². The van der Waals surface area contributed by atoms with Gasteiger partial charge in [-0.3, -0.25) is 29.0 Å². The van der Waals surface area contributed by atoms with Crippen LogP contribution in [0.5, 0.6) is 0 Å². The van der Waals surface area contributed by atoms with E-state index in [1.54, 1.807) is 18.3 Å². The molecule has 3 rings (SSSR count). The summed E-state index contributed by atoms with van der Waals surface area (Å²) in [6, 6.07) is -1.39. The third-order valence-corrected chi connectivity index (χ3v) is 9.04. The highest BCUT2D eigenvalue weighted by Gasteiger charge is 2.53. The van der Waals surface area contributed by atoms with Gasteiger partial charge in [0.1, 0.15) is 12.1 Å².